The summed E-state index contributed by atoms with van der Waals surface area (Å²) in [6.45, 7) is 5.67. The molecule has 1 saturated carbocycles. The summed E-state index contributed by atoms with van der Waals surface area (Å²) in [6.07, 6.45) is 8.55. The highest BCUT2D eigenvalue weighted by Crippen LogP contribution is 2.39. The quantitative estimate of drug-likeness (QED) is 0.622. The van der Waals surface area contributed by atoms with Gasteiger partial charge in [-0.1, -0.05) is 31.4 Å². The normalized spacial score (nSPS) is 21.3. The van der Waals surface area contributed by atoms with E-state index in [4.69, 9.17) is 4.74 Å². The van der Waals surface area contributed by atoms with Gasteiger partial charge in [-0.15, -0.1) is 0 Å². The van der Waals surface area contributed by atoms with Crippen LogP contribution in [0.1, 0.15) is 57.4 Å². The molecule has 3 rings (SSSR count). The van der Waals surface area contributed by atoms with Crippen LogP contribution in [0.4, 0.5) is 4.39 Å². The predicted octanol–water partition coefficient (Wildman–Crippen LogP) is 4.10. The second-order valence-corrected chi connectivity index (χ2v) is 7.89. The van der Waals surface area contributed by atoms with Gasteiger partial charge in [0.2, 0.25) is 0 Å². The number of likely N-dealkylation sites (tertiary alicyclic amines) is 1. The van der Waals surface area contributed by atoms with Crippen LogP contribution in [0.5, 0.6) is 0 Å². The Bertz CT molecular complexity index is 602. The monoisotopic (exact) mass is 375 g/mol. The Balaban J connectivity index is 1.65. The van der Waals surface area contributed by atoms with Crippen molar-refractivity contribution in [3.8, 4) is 0 Å². The minimum atomic E-state index is -0.161. The fourth-order valence-corrected chi connectivity index (χ4v) is 4.65. The summed E-state index contributed by atoms with van der Waals surface area (Å²) >= 11 is 0. The number of aliphatic imine (C=N–C) groups is 1. The molecular weight excluding hydrogens is 341 g/mol. The van der Waals surface area contributed by atoms with E-state index in [1.165, 1.54) is 24.8 Å². The number of halogens is 1. The van der Waals surface area contributed by atoms with Crippen molar-refractivity contribution in [3.05, 3.63) is 35.6 Å². The van der Waals surface area contributed by atoms with Gasteiger partial charge in [-0.2, -0.15) is 0 Å². The largest absolute Gasteiger partial charge is 0.378 e. The minimum Gasteiger partial charge on any atom is -0.378 e. The van der Waals surface area contributed by atoms with E-state index in [1.54, 1.807) is 12.1 Å². The topological polar surface area (TPSA) is 36.9 Å². The summed E-state index contributed by atoms with van der Waals surface area (Å²) in [6, 6.07) is 7.13. The van der Waals surface area contributed by atoms with E-state index < -0.39 is 0 Å². The number of ether oxygens (including phenoxy) is 1. The van der Waals surface area contributed by atoms with Crippen LogP contribution < -0.4 is 5.32 Å². The average molecular weight is 376 g/mol. The molecular formula is C22H34FN3O. The Labute approximate surface area is 163 Å². The number of piperidine rings is 1. The maximum Gasteiger partial charge on any atom is 0.193 e. The maximum absolute atomic E-state index is 13.4. The Hall–Kier alpha value is -1.62. The average Bonchev–Trinajstić information content (AvgIpc) is 2.71. The first kappa shape index (κ1) is 20.1. The number of rotatable bonds is 5. The maximum atomic E-state index is 13.4. The molecule has 1 aliphatic carbocycles. The first-order valence-electron chi connectivity index (χ1n) is 10.5. The zero-order valence-corrected chi connectivity index (χ0v) is 16.8. The Kier molecular flexibility index (Phi) is 7.11. The number of nitrogens with one attached hydrogen (secondary N) is 1. The van der Waals surface area contributed by atoms with E-state index in [0.717, 1.165) is 57.9 Å². The summed E-state index contributed by atoms with van der Waals surface area (Å²) in [5.74, 6) is 0.822. The van der Waals surface area contributed by atoms with Crippen LogP contribution in [-0.4, -0.2) is 50.3 Å². The van der Waals surface area contributed by atoms with Gasteiger partial charge in [0.15, 0.2) is 5.96 Å². The molecule has 1 aromatic rings. The number of guanidine groups is 1. The van der Waals surface area contributed by atoms with E-state index in [2.05, 4.69) is 22.1 Å². The molecule has 2 aliphatic rings. The predicted molar refractivity (Wildman–Crippen MR) is 109 cm³/mol. The van der Waals surface area contributed by atoms with Gasteiger partial charge in [-0.25, -0.2) is 4.39 Å². The zero-order valence-electron chi connectivity index (χ0n) is 16.8. The van der Waals surface area contributed by atoms with Crippen molar-refractivity contribution in [2.24, 2.45) is 4.99 Å². The highest BCUT2D eigenvalue weighted by atomic mass is 19.1. The summed E-state index contributed by atoms with van der Waals surface area (Å²) in [7, 11) is 1.86. The SMILES string of the molecule is CCOC1CCN(C(=NC)NCC2(c3ccc(F)cc3)CCCCC2)CC1. The standard InChI is InChI=1S/C22H34FN3O/c1-3-27-20-11-15-26(16-12-20)21(24-2)25-17-22(13-5-4-6-14-22)18-7-9-19(23)10-8-18/h7-10,20H,3-6,11-17H2,1-2H3,(H,24,25). The van der Waals surface area contributed by atoms with Crippen LogP contribution in [0, 0.1) is 5.82 Å². The van der Waals surface area contributed by atoms with Crippen molar-refractivity contribution >= 4 is 5.96 Å². The highest BCUT2D eigenvalue weighted by Gasteiger charge is 2.34. The van der Waals surface area contributed by atoms with E-state index in [-0.39, 0.29) is 11.2 Å². The van der Waals surface area contributed by atoms with Crippen molar-refractivity contribution in [2.45, 2.75) is 63.4 Å². The Morgan fingerprint density at radius 1 is 1.19 bits per heavy atom. The van der Waals surface area contributed by atoms with Crippen molar-refractivity contribution in [1.82, 2.24) is 10.2 Å². The van der Waals surface area contributed by atoms with Gasteiger partial charge in [0.05, 0.1) is 6.10 Å². The van der Waals surface area contributed by atoms with Crippen LogP contribution >= 0.6 is 0 Å². The van der Waals surface area contributed by atoms with Crippen LogP contribution in [0.2, 0.25) is 0 Å². The molecule has 4 nitrogen and oxygen atoms in total. The highest BCUT2D eigenvalue weighted by molar-refractivity contribution is 5.80. The van der Waals surface area contributed by atoms with Gasteiger partial charge in [0, 0.05) is 38.7 Å². The molecule has 1 heterocycles. The van der Waals surface area contributed by atoms with Gasteiger partial charge in [-0.05, 0) is 50.3 Å². The molecule has 5 heteroatoms. The summed E-state index contributed by atoms with van der Waals surface area (Å²) < 4.78 is 19.2. The second-order valence-electron chi connectivity index (χ2n) is 7.89. The summed E-state index contributed by atoms with van der Waals surface area (Å²) in [5.41, 5.74) is 1.33. The number of hydrogen-bond acceptors (Lipinski definition) is 2. The molecule has 1 aliphatic heterocycles. The lowest BCUT2D eigenvalue weighted by Crippen LogP contribution is -2.51. The van der Waals surface area contributed by atoms with Crippen LogP contribution in [0.3, 0.4) is 0 Å². The first-order chi connectivity index (χ1) is 13.2. The van der Waals surface area contributed by atoms with E-state index in [1.807, 2.05) is 19.2 Å². The molecule has 0 radical (unpaired) electrons. The van der Waals surface area contributed by atoms with E-state index >= 15 is 0 Å². The molecule has 1 aromatic carbocycles. The fraction of sp³-hybridized carbons (Fsp3) is 0.682. The van der Waals surface area contributed by atoms with Crippen molar-refractivity contribution in [3.63, 3.8) is 0 Å². The molecule has 0 spiro atoms. The molecule has 1 saturated heterocycles. The lowest BCUT2D eigenvalue weighted by molar-refractivity contribution is 0.0263. The molecule has 0 unspecified atom stereocenters. The number of benzene rings is 1. The Morgan fingerprint density at radius 3 is 2.44 bits per heavy atom. The number of nitrogens with zero attached hydrogens (tertiary/aromatic N) is 2. The summed E-state index contributed by atoms with van der Waals surface area (Å²) in [5, 5.41) is 3.65. The third kappa shape index (κ3) is 5.01. The summed E-state index contributed by atoms with van der Waals surface area (Å²) in [4.78, 5) is 6.88. The molecule has 2 fully saturated rings. The van der Waals surface area contributed by atoms with Crippen LogP contribution in [0.15, 0.2) is 29.3 Å². The minimum absolute atomic E-state index is 0.0749. The lowest BCUT2D eigenvalue weighted by atomic mass is 9.69. The Morgan fingerprint density at radius 2 is 1.85 bits per heavy atom. The van der Waals surface area contributed by atoms with E-state index in [9.17, 15) is 4.39 Å². The fourth-order valence-electron chi connectivity index (χ4n) is 4.65. The van der Waals surface area contributed by atoms with Gasteiger partial charge in [0.1, 0.15) is 5.82 Å². The molecule has 1 N–H and O–H groups in total. The third-order valence-electron chi connectivity index (χ3n) is 6.21. The molecule has 0 atom stereocenters. The van der Waals surface area contributed by atoms with E-state index in [0.29, 0.717) is 6.10 Å². The van der Waals surface area contributed by atoms with Crippen molar-refractivity contribution in [1.29, 1.82) is 0 Å². The number of hydrogen-bond donors (Lipinski definition) is 1. The third-order valence-corrected chi connectivity index (χ3v) is 6.21. The zero-order chi connectivity index (χ0) is 19.1. The van der Waals surface area contributed by atoms with Crippen molar-refractivity contribution in [2.75, 3.05) is 33.3 Å². The lowest BCUT2D eigenvalue weighted by Gasteiger charge is -2.40. The molecule has 0 aromatic heterocycles. The molecule has 150 valence electrons. The smallest absolute Gasteiger partial charge is 0.193 e. The van der Waals surface area contributed by atoms with Gasteiger partial charge in [0.25, 0.3) is 0 Å². The van der Waals surface area contributed by atoms with Crippen molar-refractivity contribution < 1.29 is 9.13 Å². The first-order valence-corrected chi connectivity index (χ1v) is 10.5. The van der Waals surface area contributed by atoms with Gasteiger partial charge in [-0.3, -0.25) is 4.99 Å². The molecule has 27 heavy (non-hydrogen) atoms. The van der Waals surface area contributed by atoms with Crippen LogP contribution in [0.25, 0.3) is 0 Å². The van der Waals surface area contributed by atoms with Crippen LogP contribution in [-0.2, 0) is 10.2 Å². The molecule has 0 amide bonds. The van der Waals surface area contributed by atoms with Gasteiger partial charge < -0.3 is 15.0 Å². The molecule has 0 bridgehead atoms. The second kappa shape index (κ2) is 9.54. The van der Waals surface area contributed by atoms with Gasteiger partial charge >= 0.3 is 0 Å².